The molecule has 0 saturated heterocycles. The first kappa shape index (κ1) is 14.0. The van der Waals surface area contributed by atoms with Gasteiger partial charge in [0.2, 0.25) is 11.8 Å². The molecule has 0 aliphatic rings. The molecule has 0 bridgehead atoms. The molecule has 1 amide bonds. The highest BCUT2D eigenvalue weighted by atomic mass is 16.5. The van der Waals surface area contributed by atoms with Crippen molar-refractivity contribution in [1.82, 2.24) is 14.9 Å². The first-order valence-electron chi connectivity index (χ1n) is 5.68. The van der Waals surface area contributed by atoms with Crippen LogP contribution in [0, 0.1) is 0 Å². The van der Waals surface area contributed by atoms with Crippen LogP contribution in [-0.2, 0) is 4.79 Å². The lowest BCUT2D eigenvalue weighted by Crippen LogP contribution is -2.37. The Kier molecular flexibility index (Phi) is 4.70. The van der Waals surface area contributed by atoms with Crippen molar-refractivity contribution in [3.8, 4) is 5.88 Å². The highest BCUT2D eigenvalue weighted by Gasteiger charge is 2.17. The number of anilines is 2. The van der Waals surface area contributed by atoms with Crippen molar-refractivity contribution in [2.75, 3.05) is 31.8 Å². The van der Waals surface area contributed by atoms with Gasteiger partial charge >= 0.3 is 0 Å². The summed E-state index contributed by atoms with van der Waals surface area (Å²) >= 11 is 0. The van der Waals surface area contributed by atoms with E-state index in [4.69, 9.17) is 10.5 Å². The Labute approximate surface area is 106 Å². The van der Waals surface area contributed by atoms with Gasteiger partial charge < -0.3 is 20.7 Å². The van der Waals surface area contributed by atoms with Crippen molar-refractivity contribution in [1.29, 1.82) is 0 Å². The summed E-state index contributed by atoms with van der Waals surface area (Å²) in [5, 5.41) is 2.94. The summed E-state index contributed by atoms with van der Waals surface area (Å²) in [6.45, 7) is 4.05. The first-order valence-corrected chi connectivity index (χ1v) is 5.68. The minimum atomic E-state index is -0.424. The Hall–Kier alpha value is -2.05. The van der Waals surface area contributed by atoms with Gasteiger partial charge in [-0.05, 0) is 13.8 Å². The molecule has 18 heavy (non-hydrogen) atoms. The van der Waals surface area contributed by atoms with Gasteiger partial charge in [0.05, 0.1) is 6.61 Å². The maximum Gasteiger partial charge on any atom is 0.244 e. The Bertz CT molecular complexity index is 422. The molecule has 1 heterocycles. The van der Waals surface area contributed by atoms with Crippen LogP contribution in [0.15, 0.2) is 6.33 Å². The third-order valence-electron chi connectivity index (χ3n) is 2.29. The van der Waals surface area contributed by atoms with E-state index in [9.17, 15) is 4.79 Å². The number of carbonyl (C=O) groups is 1. The maximum atomic E-state index is 11.7. The topological polar surface area (TPSA) is 93.4 Å². The Morgan fingerprint density at radius 2 is 2.22 bits per heavy atom. The number of ether oxygens (including phenoxy) is 1. The lowest BCUT2D eigenvalue weighted by Gasteiger charge is -2.19. The molecule has 7 heteroatoms. The fourth-order valence-electron chi connectivity index (χ4n) is 1.40. The van der Waals surface area contributed by atoms with E-state index in [0.717, 1.165) is 0 Å². The zero-order valence-corrected chi connectivity index (χ0v) is 11.1. The van der Waals surface area contributed by atoms with Gasteiger partial charge in [-0.15, -0.1) is 0 Å². The standard InChI is InChI=1S/C11H19N5O2/c1-5-18-10-8(12)9(13-6-14-10)15-7(2)11(17)16(3)4/h6-7H,5,12H2,1-4H3,(H,13,14,15). The van der Waals surface area contributed by atoms with Crippen LogP contribution in [0.5, 0.6) is 5.88 Å². The molecule has 0 aliphatic carbocycles. The van der Waals surface area contributed by atoms with Gasteiger partial charge in [0.1, 0.15) is 18.1 Å². The van der Waals surface area contributed by atoms with Gasteiger partial charge in [0, 0.05) is 14.1 Å². The van der Waals surface area contributed by atoms with Crippen molar-refractivity contribution in [3.63, 3.8) is 0 Å². The van der Waals surface area contributed by atoms with Crippen molar-refractivity contribution in [3.05, 3.63) is 6.33 Å². The summed E-state index contributed by atoms with van der Waals surface area (Å²) < 4.78 is 5.26. The molecule has 1 atom stereocenters. The predicted molar refractivity (Wildman–Crippen MR) is 69.4 cm³/mol. The average Bonchev–Trinajstić information content (AvgIpc) is 2.33. The Balaban J connectivity index is 2.85. The van der Waals surface area contributed by atoms with Crippen LogP contribution in [0.4, 0.5) is 11.5 Å². The summed E-state index contributed by atoms with van der Waals surface area (Å²) in [5.41, 5.74) is 6.16. The predicted octanol–water partition coefficient (Wildman–Crippen LogP) is 0.346. The van der Waals surface area contributed by atoms with E-state index in [0.29, 0.717) is 24.0 Å². The fraction of sp³-hybridized carbons (Fsp3) is 0.545. The second-order valence-corrected chi connectivity index (χ2v) is 3.97. The van der Waals surface area contributed by atoms with Gasteiger partial charge in [0.15, 0.2) is 5.82 Å². The molecule has 0 saturated carbocycles. The van der Waals surface area contributed by atoms with Gasteiger partial charge in [-0.1, -0.05) is 0 Å². The third-order valence-corrected chi connectivity index (χ3v) is 2.29. The zero-order chi connectivity index (χ0) is 13.7. The Morgan fingerprint density at radius 3 is 2.78 bits per heavy atom. The summed E-state index contributed by atoms with van der Waals surface area (Å²) in [4.78, 5) is 21.1. The minimum Gasteiger partial charge on any atom is -0.476 e. The lowest BCUT2D eigenvalue weighted by atomic mass is 10.3. The molecule has 0 fully saturated rings. The quantitative estimate of drug-likeness (QED) is 0.786. The number of nitrogen functional groups attached to an aromatic ring is 1. The zero-order valence-electron chi connectivity index (χ0n) is 11.1. The van der Waals surface area contributed by atoms with Gasteiger partial charge in [-0.2, -0.15) is 4.98 Å². The van der Waals surface area contributed by atoms with Crippen LogP contribution >= 0.6 is 0 Å². The molecule has 3 N–H and O–H groups in total. The van der Waals surface area contributed by atoms with Gasteiger partial charge in [-0.25, -0.2) is 4.98 Å². The SMILES string of the molecule is CCOc1ncnc(NC(C)C(=O)N(C)C)c1N. The molecule has 1 aromatic heterocycles. The number of hydrogen-bond donors (Lipinski definition) is 2. The molecule has 0 spiro atoms. The monoisotopic (exact) mass is 253 g/mol. The number of nitrogens with one attached hydrogen (secondary N) is 1. The van der Waals surface area contributed by atoms with Crippen LogP contribution in [-0.4, -0.2) is 47.5 Å². The number of aromatic nitrogens is 2. The average molecular weight is 253 g/mol. The normalized spacial score (nSPS) is 11.8. The molecule has 0 radical (unpaired) electrons. The molecule has 7 nitrogen and oxygen atoms in total. The van der Waals surface area contributed by atoms with Crippen molar-refractivity contribution < 1.29 is 9.53 Å². The molecule has 0 aromatic carbocycles. The van der Waals surface area contributed by atoms with E-state index in [1.165, 1.54) is 11.2 Å². The highest BCUT2D eigenvalue weighted by Crippen LogP contribution is 2.24. The van der Waals surface area contributed by atoms with E-state index in [-0.39, 0.29) is 5.91 Å². The molecular weight excluding hydrogens is 234 g/mol. The molecular formula is C11H19N5O2. The van der Waals surface area contributed by atoms with E-state index >= 15 is 0 Å². The minimum absolute atomic E-state index is 0.0639. The third kappa shape index (κ3) is 3.22. The van der Waals surface area contributed by atoms with Crippen LogP contribution in [0.2, 0.25) is 0 Å². The number of rotatable bonds is 5. The molecule has 1 unspecified atom stereocenters. The number of amides is 1. The number of nitrogens with zero attached hydrogens (tertiary/aromatic N) is 3. The van der Waals surface area contributed by atoms with Crippen molar-refractivity contribution in [2.24, 2.45) is 0 Å². The summed E-state index contributed by atoms with van der Waals surface area (Å²) in [6.07, 6.45) is 1.34. The van der Waals surface area contributed by atoms with Crippen molar-refractivity contribution in [2.45, 2.75) is 19.9 Å². The van der Waals surface area contributed by atoms with Crippen LogP contribution in [0.1, 0.15) is 13.8 Å². The molecule has 0 aliphatic heterocycles. The number of hydrogen-bond acceptors (Lipinski definition) is 6. The lowest BCUT2D eigenvalue weighted by molar-refractivity contribution is -0.129. The van der Waals surface area contributed by atoms with E-state index in [2.05, 4.69) is 15.3 Å². The molecule has 100 valence electrons. The number of carbonyl (C=O) groups excluding carboxylic acids is 1. The molecule has 1 aromatic rings. The van der Waals surface area contributed by atoms with E-state index in [1.54, 1.807) is 21.0 Å². The number of likely N-dealkylation sites (N-methyl/N-ethyl adjacent to an activating group) is 1. The van der Waals surface area contributed by atoms with Crippen LogP contribution in [0.25, 0.3) is 0 Å². The van der Waals surface area contributed by atoms with Gasteiger partial charge in [-0.3, -0.25) is 4.79 Å². The van der Waals surface area contributed by atoms with Crippen molar-refractivity contribution >= 4 is 17.4 Å². The Morgan fingerprint density at radius 1 is 1.56 bits per heavy atom. The smallest absolute Gasteiger partial charge is 0.244 e. The van der Waals surface area contributed by atoms with Gasteiger partial charge in [0.25, 0.3) is 0 Å². The summed E-state index contributed by atoms with van der Waals surface area (Å²) in [7, 11) is 3.38. The maximum absolute atomic E-state index is 11.7. The van der Waals surface area contributed by atoms with E-state index < -0.39 is 6.04 Å². The number of nitrogens with two attached hydrogens (primary N) is 1. The highest BCUT2D eigenvalue weighted by molar-refractivity contribution is 5.84. The summed E-state index contributed by atoms with van der Waals surface area (Å²) in [5.74, 6) is 0.654. The summed E-state index contributed by atoms with van der Waals surface area (Å²) in [6, 6.07) is -0.424. The molecule has 1 rings (SSSR count). The fourth-order valence-corrected chi connectivity index (χ4v) is 1.40. The second kappa shape index (κ2) is 6.04. The largest absolute Gasteiger partial charge is 0.476 e. The van der Waals surface area contributed by atoms with E-state index in [1.807, 2.05) is 6.92 Å². The second-order valence-electron chi connectivity index (χ2n) is 3.97. The van der Waals surface area contributed by atoms with Crippen LogP contribution in [0.3, 0.4) is 0 Å². The van der Waals surface area contributed by atoms with Crippen LogP contribution < -0.4 is 15.8 Å². The first-order chi connectivity index (χ1) is 8.47.